The van der Waals surface area contributed by atoms with Crippen molar-refractivity contribution in [3.8, 4) is 0 Å². The van der Waals surface area contributed by atoms with E-state index >= 15 is 0 Å². The molecule has 0 aliphatic heterocycles. The average molecular weight is 234 g/mol. The molecule has 1 aliphatic rings. The first-order valence-electron chi connectivity index (χ1n) is 6.47. The third-order valence-corrected chi connectivity index (χ3v) is 3.49. The van der Waals surface area contributed by atoms with E-state index in [1.165, 1.54) is 32.1 Å². The van der Waals surface area contributed by atoms with Gasteiger partial charge in [0.1, 0.15) is 17.5 Å². The van der Waals surface area contributed by atoms with Crippen LogP contribution in [0.5, 0.6) is 0 Å². The van der Waals surface area contributed by atoms with Crippen LogP contribution < -0.4 is 10.6 Å². The van der Waals surface area contributed by atoms with E-state index in [0.29, 0.717) is 5.82 Å². The maximum absolute atomic E-state index is 5.75. The molecule has 1 saturated carbocycles. The molecular formula is C13H22N4. The number of hydrogen-bond acceptors (Lipinski definition) is 4. The standard InChI is InChI=1S/C13H22N4/c1-10-15-12(14)8-13(16-10)17(2)9-11-6-4-3-5-7-11/h8,11H,3-7,9H2,1-2H3,(H2,14,15,16). The molecule has 94 valence electrons. The van der Waals surface area contributed by atoms with Crippen LogP contribution in [0.25, 0.3) is 0 Å². The first kappa shape index (κ1) is 12.1. The van der Waals surface area contributed by atoms with E-state index < -0.39 is 0 Å². The SMILES string of the molecule is Cc1nc(N)cc(N(C)CC2CCCCC2)n1. The van der Waals surface area contributed by atoms with Gasteiger partial charge in [-0.15, -0.1) is 0 Å². The van der Waals surface area contributed by atoms with Gasteiger partial charge in [0, 0.05) is 19.7 Å². The quantitative estimate of drug-likeness (QED) is 0.872. The van der Waals surface area contributed by atoms with Crippen molar-refractivity contribution in [3.05, 3.63) is 11.9 Å². The van der Waals surface area contributed by atoms with Crippen molar-refractivity contribution in [2.45, 2.75) is 39.0 Å². The molecule has 0 saturated heterocycles. The molecule has 2 rings (SSSR count). The van der Waals surface area contributed by atoms with Gasteiger partial charge in [0.15, 0.2) is 0 Å². The highest BCUT2D eigenvalue weighted by Crippen LogP contribution is 2.25. The van der Waals surface area contributed by atoms with Crippen molar-refractivity contribution < 1.29 is 0 Å². The fraction of sp³-hybridized carbons (Fsp3) is 0.692. The Morgan fingerprint density at radius 2 is 2.00 bits per heavy atom. The summed E-state index contributed by atoms with van der Waals surface area (Å²) in [5, 5.41) is 0. The number of anilines is 2. The summed E-state index contributed by atoms with van der Waals surface area (Å²) in [4.78, 5) is 10.7. The summed E-state index contributed by atoms with van der Waals surface area (Å²) in [6.45, 7) is 2.96. The van der Waals surface area contributed by atoms with Crippen molar-refractivity contribution in [2.24, 2.45) is 5.92 Å². The molecule has 0 amide bonds. The third kappa shape index (κ3) is 3.32. The van der Waals surface area contributed by atoms with Gasteiger partial charge in [-0.25, -0.2) is 9.97 Å². The summed E-state index contributed by atoms with van der Waals surface area (Å²) in [6.07, 6.45) is 6.86. The topological polar surface area (TPSA) is 55.0 Å². The number of nitrogen functional groups attached to an aromatic ring is 1. The number of hydrogen-bond donors (Lipinski definition) is 1. The molecule has 17 heavy (non-hydrogen) atoms. The predicted molar refractivity (Wildman–Crippen MR) is 71.0 cm³/mol. The van der Waals surface area contributed by atoms with Crippen molar-refractivity contribution in [2.75, 3.05) is 24.2 Å². The zero-order chi connectivity index (χ0) is 12.3. The lowest BCUT2D eigenvalue weighted by molar-refractivity contribution is 0.361. The Kier molecular flexibility index (Phi) is 3.82. The molecule has 0 bridgehead atoms. The second-order valence-corrected chi connectivity index (χ2v) is 5.08. The predicted octanol–water partition coefficient (Wildman–Crippen LogP) is 2.38. The number of nitrogens with two attached hydrogens (primary N) is 1. The Hall–Kier alpha value is -1.32. The van der Waals surface area contributed by atoms with Crippen LogP contribution in [-0.2, 0) is 0 Å². The van der Waals surface area contributed by atoms with Gasteiger partial charge in [0.05, 0.1) is 0 Å². The van der Waals surface area contributed by atoms with Gasteiger partial charge in [-0.1, -0.05) is 19.3 Å². The molecule has 2 N–H and O–H groups in total. The summed E-state index contributed by atoms with van der Waals surface area (Å²) < 4.78 is 0. The van der Waals surface area contributed by atoms with Crippen molar-refractivity contribution in [1.29, 1.82) is 0 Å². The fourth-order valence-electron chi connectivity index (χ4n) is 2.62. The lowest BCUT2D eigenvalue weighted by atomic mass is 9.89. The second-order valence-electron chi connectivity index (χ2n) is 5.08. The molecule has 1 aromatic heterocycles. The van der Waals surface area contributed by atoms with Crippen LogP contribution in [0.2, 0.25) is 0 Å². The monoisotopic (exact) mass is 234 g/mol. The minimum Gasteiger partial charge on any atom is -0.384 e. The molecule has 0 radical (unpaired) electrons. The molecular weight excluding hydrogens is 212 g/mol. The largest absolute Gasteiger partial charge is 0.384 e. The maximum Gasteiger partial charge on any atom is 0.134 e. The zero-order valence-electron chi connectivity index (χ0n) is 10.8. The molecule has 4 heteroatoms. The lowest BCUT2D eigenvalue weighted by Crippen LogP contribution is -2.27. The fourth-order valence-corrected chi connectivity index (χ4v) is 2.62. The Balaban J connectivity index is 2.00. The Bertz CT molecular complexity index is 351. The van der Waals surface area contributed by atoms with Gasteiger partial charge in [-0.3, -0.25) is 0 Å². The van der Waals surface area contributed by atoms with Crippen LogP contribution in [-0.4, -0.2) is 23.6 Å². The maximum atomic E-state index is 5.75. The van der Waals surface area contributed by atoms with Gasteiger partial charge in [0.25, 0.3) is 0 Å². The molecule has 1 fully saturated rings. The highest BCUT2D eigenvalue weighted by atomic mass is 15.2. The Labute approximate surface area is 103 Å². The van der Waals surface area contributed by atoms with Crippen LogP contribution >= 0.6 is 0 Å². The van der Waals surface area contributed by atoms with Crippen LogP contribution in [0, 0.1) is 12.8 Å². The number of aromatic nitrogens is 2. The van der Waals surface area contributed by atoms with Gasteiger partial charge in [0.2, 0.25) is 0 Å². The van der Waals surface area contributed by atoms with E-state index in [-0.39, 0.29) is 0 Å². The van der Waals surface area contributed by atoms with E-state index in [0.717, 1.165) is 24.1 Å². The molecule has 0 aromatic carbocycles. The summed E-state index contributed by atoms with van der Waals surface area (Å²) >= 11 is 0. The van der Waals surface area contributed by atoms with Gasteiger partial charge >= 0.3 is 0 Å². The van der Waals surface area contributed by atoms with E-state index in [4.69, 9.17) is 5.73 Å². The average Bonchev–Trinajstić information content (AvgIpc) is 2.29. The summed E-state index contributed by atoms with van der Waals surface area (Å²) in [6, 6.07) is 1.86. The Morgan fingerprint density at radius 3 is 2.65 bits per heavy atom. The number of aryl methyl sites for hydroxylation is 1. The zero-order valence-corrected chi connectivity index (χ0v) is 10.8. The molecule has 0 spiro atoms. The first-order valence-corrected chi connectivity index (χ1v) is 6.47. The van der Waals surface area contributed by atoms with E-state index in [9.17, 15) is 0 Å². The molecule has 1 aromatic rings. The first-order chi connectivity index (χ1) is 8.15. The minimum absolute atomic E-state index is 0.558. The molecule has 1 aliphatic carbocycles. The van der Waals surface area contributed by atoms with E-state index in [1.807, 2.05) is 13.0 Å². The Morgan fingerprint density at radius 1 is 1.29 bits per heavy atom. The summed E-state index contributed by atoms with van der Waals surface area (Å²) in [5.41, 5.74) is 5.75. The van der Waals surface area contributed by atoms with Crippen LogP contribution in [0.4, 0.5) is 11.6 Å². The molecule has 4 nitrogen and oxygen atoms in total. The number of rotatable bonds is 3. The normalized spacial score (nSPS) is 17.1. The summed E-state index contributed by atoms with van der Waals surface area (Å²) in [7, 11) is 2.09. The van der Waals surface area contributed by atoms with Crippen LogP contribution in [0.1, 0.15) is 37.9 Å². The highest BCUT2D eigenvalue weighted by Gasteiger charge is 2.16. The number of nitrogens with zero attached hydrogens (tertiary/aromatic N) is 3. The van der Waals surface area contributed by atoms with Crippen molar-refractivity contribution in [3.63, 3.8) is 0 Å². The smallest absolute Gasteiger partial charge is 0.134 e. The van der Waals surface area contributed by atoms with Crippen LogP contribution in [0.15, 0.2) is 6.07 Å². The van der Waals surface area contributed by atoms with Crippen molar-refractivity contribution >= 4 is 11.6 Å². The van der Waals surface area contributed by atoms with Gasteiger partial charge in [-0.05, 0) is 25.7 Å². The van der Waals surface area contributed by atoms with Crippen molar-refractivity contribution in [1.82, 2.24) is 9.97 Å². The highest BCUT2D eigenvalue weighted by molar-refractivity contribution is 5.46. The lowest BCUT2D eigenvalue weighted by Gasteiger charge is -2.27. The van der Waals surface area contributed by atoms with Gasteiger partial charge in [-0.2, -0.15) is 0 Å². The van der Waals surface area contributed by atoms with Gasteiger partial charge < -0.3 is 10.6 Å². The molecule has 0 atom stereocenters. The second kappa shape index (κ2) is 5.34. The minimum atomic E-state index is 0.558. The molecule has 1 heterocycles. The van der Waals surface area contributed by atoms with E-state index in [2.05, 4.69) is 21.9 Å². The summed E-state index contributed by atoms with van der Waals surface area (Å²) in [5.74, 6) is 3.06. The van der Waals surface area contributed by atoms with Crippen LogP contribution in [0.3, 0.4) is 0 Å². The van der Waals surface area contributed by atoms with E-state index in [1.54, 1.807) is 0 Å². The third-order valence-electron chi connectivity index (χ3n) is 3.49. The molecule has 0 unspecified atom stereocenters.